The molecule has 0 aliphatic carbocycles. The highest BCUT2D eigenvalue weighted by Crippen LogP contribution is 2.25. The van der Waals surface area contributed by atoms with Crippen LogP contribution < -0.4 is 10.1 Å². The van der Waals surface area contributed by atoms with Gasteiger partial charge < -0.3 is 10.1 Å². The van der Waals surface area contributed by atoms with Crippen molar-refractivity contribution in [3.63, 3.8) is 0 Å². The van der Waals surface area contributed by atoms with Gasteiger partial charge in [-0.05, 0) is 37.3 Å². The van der Waals surface area contributed by atoms with Gasteiger partial charge in [0.25, 0.3) is 0 Å². The summed E-state index contributed by atoms with van der Waals surface area (Å²) >= 11 is 0. The molecule has 130 valence electrons. The Labute approximate surface area is 149 Å². The summed E-state index contributed by atoms with van der Waals surface area (Å²) in [6, 6.07) is 9.69. The Morgan fingerprint density at radius 3 is 2.69 bits per heavy atom. The molecule has 1 aromatic carbocycles. The maximum Gasteiger partial charge on any atom is 0.200 e. The van der Waals surface area contributed by atoms with Crippen molar-refractivity contribution in [2.75, 3.05) is 12.4 Å². The van der Waals surface area contributed by atoms with Crippen LogP contribution in [0.3, 0.4) is 0 Å². The van der Waals surface area contributed by atoms with Crippen LogP contribution in [0.15, 0.2) is 49.1 Å². The number of ether oxygens (including phenoxy) is 1. The van der Waals surface area contributed by atoms with E-state index in [9.17, 15) is 0 Å². The van der Waals surface area contributed by atoms with E-state index in [1.54, 1.807) is 30.3 Å². The second-order valence-corrected chi connectivity index (χ2v) is 5.77. The predicted molar refractivity (Wildman–Crippen MR) is 96.9 cm³/mol. The van der Waals surface area contributed by atoms with Crippen LogP contribution in [0.25, 0.3) is 16.9 Å². The van der Waals surface area contributed by atoms with Crippen molar-refractivity contribution >= 4 is 11.3 Å². The van der Waals surface area contributed by atoms with Gasteiger partial charge in [-0.1, -0.05) is 0 Å². The van der Waals surface area contributed by atoms with Gasteiger partial charge in [-0.2, -0.15) is 9.61 Å². The zero-order valence-electron chi connectivity index (χ0n) is 14.4. The second-order valence-electron chi connectivity index (χ2n) is 5.77. The fourth-order valence-corrected chi connectivity index (χ4v) is 2.56. The van der Waals surface area contributed by atoms with Crippen LogP contribution in [0, 0.1) is 6.92 Å². The quantitative estimate of drug-likeness (QED) is 0.593. The first-order valence-corrected chi connectivity index (χ1v) is 8.10. The van der Waals surface area contributed by atoms with E-state index in [0.717, 1.165) is 34.1 Å². The molecule has 8 nitrogen and oxygen atoms in total. The van der Waals surface area contributed by atoms with Gasteiger partial charge in [0.05, 0.1) is 42.6 Å². The lowest BCUT2D eigenvalue weighted by Crippen LogP contribution is -2.06. The fraction of sp³-hybridized carbons (Fsp3) is 0.167. The molecule has 4 aromatic rings. The summed E-state index contributed by atoms with van der Waals surface area (Å²) in [7, 11) is 1.65. The summed E-state index contributed by atoms with van der Waals surface area (Å²) in [5, 5.41) is 16.0. The summed E-state index contributed by atoms with van der Waals surface area (Å²) < 4.78 is 6.87. The average molecular weight is 347 g/mol. The molecule has 8 heteroatoms. The number of fused-ring (bicyclic) bond motifs is 1. The van der Waals surface area contributed by atoms with Crippen LogP contribution in [0.2, 0.25) is 0 Å². The van der Waals surface area contributed by atoms with Crippen molar-refractivity contribution in [1.82, 2.24) is 29.8 Å². The van der Waals surface area contributed by atoms with Gasteiger partial charge in [-0.15, -0.1) is 10.2 Å². The van der Waals surface area contributed by atoms with Crippen LogP contribution in [-0.2, 0) is 6.54 Å². The van der Waals surface area contributed by atoms with Crippen molar-refractivity contribution in [2.45, 2.75) is 13.5 Å². The van der Waals surface area contributed by atoms with Crippen molar-refractivity contribution < 1.29 is 4.74 Å². The number of aryl methyl sites for hydroxylation is 1. The third-order valence-corrected chi connectivity index (χ3v) is 3.95. The lowest BCUT2D eigenvalue weighted by atomic mass is 10.1. The Hall–Kier alpha value is -3.55. The molecule has 0 bridgehead atoms. The standard InChI is InChI=1S/C18H17N7O/c1-12-8-20-14(9-19-12)10-21-17-7-16(24-25-11-22-23-18(17)25)13-3-5-15(26-2)6-4-13/h3-9,11,21H,10H2,1-2H3. The Bertz CT molecular complexity index is 1030. The minimum Gasteiger partial charge on any atom is -0.497 e. The first-order chi connectivity index (χ1) is 12.7. The number of anilines is 1. The Morgan fingerprint density at radius 2 is 1.96 bits per heavy atom. The number of hydrogen-bond donors (Lipinski definition) is 1. The van der Waals surface area contributed by atoms with Crippen LogP contribution in [0.5, 0.6) is 5.75 Å². The highest BCUT2D eigenvalue weighted by molar-refractivity contribution is 5.73. The smallest absolute Gasteiger partial charge is 0.200 e. The molecule has 3 heterocycles. The molecule has 0 saturated heterocycles. The predicted octanol–water partition coefficient (Wildman–Crippen LogP) is 2.51. The largest absolute Gasteiger partial charge is 0.497 e. The molecule has 0 atom stereocenters. The molecule has 26 heavy (non-hydrogen) atoms. The normalized spacial score (nSPS) is 10.8. The van der Waals surface area contributed by atoms with Gasteiger partial charge in [-0.3, -0.25) is 9.97 Å². The SMILES string of the molecule is COc1ccc(-c2cc(NCc3cnc(C)cn3)c3nncn3n2)cc1. The third-order valence-electron chi connectivity index (χ3n) is 3.95. The molecule has 4 rings (SSSR count). The monoisotopic (exact) mass is 347 g/mol. The van der Waals surface area contributed by atoms with Gasteiger partial charge >= 0.3 is 0 Å². The lowest BCUT2D eigenvalue weighted by molar-refractivity contribution is 0.415. The molecule has 0 aliphatic heterocycles. The van der Waals surface area contributed by atoms with E-state index in [1.165, 1.54) is 0 Å². The van der Waals surface area contributed by atoms with Crippen LogP contribution in [0.1, 0.15) is 11.4 Å². The summed E-state index contributed by atoms with van der Waals surface area (Å²) in [5.74, 6) is 0.801. The van der Waals surface area contributed by atoms with E-state index < -0.39 is 0 Å². The number of aromatic nitrogens is 6. The zero-order chi connectivity index (χ0) is 17.9. The fourth-order valence-electron chi connectivity index (χ4n) is 2.56. The summed E-state index contributed by atoms with van der Waals surface area (Å²) in [5.41, 5.74) is 4.99. The number of hydrogen-bond acceptors (Lipinski definition) is 7. The number of nitrogens with zero attached hydrogens (tertiary/aromatic N) is 6. The average Bonchev–Trinajstić information content (AvgIpc) is 3.16. The summed E-state index contributed by atoms with van der Waals surface area (Å²) in [6.07, 6.45) is 5.09. The summed E-state index contributed by atoms with van der Waals surface area (Å²) in [4.78, 5) is 8.63. The van der Waals surface area contributed by atoms with Crippen molar-refractivity contribution in [2.24, 2.45) is 0 Å². The molecule has 0 unspecified atom stereocenters. The molecule has 0 amide bonds. The Balaban J connectivity index is 1.66. The van der Waals surface area contributed by atoms with E-state index in [-0.39, 0.29) is 0 Å². The molecular formula is C18H17N7O. The topological polar surface area (TPSA) is 90.1 Å². The number of rotatable bonds is 5. The maximum atomic E-state index is 5.21. The molecule has 0 spiro atoms. The Morgan fingerprint density at radius 1 is 1.12 bits per heavy atom. The van der Waals surface area contributed by atoms with Crippen LogP contribution in [-0.4, -0.2) is 36.9 Å². The molecule has 1 N–H and O–H groups in total. The highest BCUT2D eigenvalue weighted by atomic mass is 16.5. The van der Waals surface area contributed by atoms with Crippen molar-refractivity contribution in [3.05, 3.63) is 60.4 Å². The molecule has 0 fully saturated rings. The maximum absolute atomic E-state index is 5.21. The first-order valence-electron chi connectivity index (χ1n) is 8.10. The zero-order valence-corrected chi connectivity index (χ0v) is 14.4. The molecule has 3 aromatic heterocycles. The minimum absolute atomic E-state index is 0.530. The van der Waals surface area contributed by atoms with E-state index in [4.69, 9.17) is 4.74 Å². The van der Waals surface area contributed by atoms with Gasteiger partial charge in [-0.25, -0.2) is 0 Å². The van der Waals surface area contributed by atoms with Gasteiger partial charge in [0.2, 0.25) is 5.65 Å². The van der Waals surface area contributed by atoms with Crippen molar-refractivity contribution in [3.8, 4) is 17.0 Å². The molecule has 0 radical (unpaired) electrons. The minimum atomic E-state index is 0.530. The summed E-state index contributed by atoms with van der Waals surface area (Å²) in [6.45, 7) is 2.44. The van der Waals surface area contributed by atoms with Gasteiger partial charge in [0, 0.05) is 11.8 Å². The Kier molecular flexibility index (Phi) is 4.14. The van der Waals surface area contributed by atoms with Gasteiger partial charge in [0.1, 0.15) is 12.1 Å². The second kappa shape index (κ2) is 6.75. The van der Waals surface area contributed by atoms with Crippen LogP contribution >= 0.6 is 0 Å². The lowest BCUT2D eigenvalue weighted by Gasteiger charge is -2.10. The van der Waals surface area contributed by atoms with Crippen LogP contribution in [0.4, 0.5) is 5.69 Å². The van der Waals surface area contributed by atoms with E-state index in [1.807, 2.05) is 37.3 Å². The number of methoxy groups -OCH3 is 1. The highest BCUT2D eigenvalue weighted by Gasteiger charge is 2.10. The van der Waals surface area contributed by atoms with E-state index in [0.29, 0.717) is 12.2 Å². The number of benzene rings is 1. The van der Waals surface area contributed by atoms with E-state index in [2.05, 4.69) is 30.6 Å². The van der Waals surface area contributed by atoms with E-state index >= 15 is 0 Å². The van der Waals surface area contributed by atoms with Crippen molar-refractivity contribution in [1.29, 1.82) is 0 Å². The molecular weight excluding hydrogens is 330 g/mol. The van der Waals surface area contributed by atoms with Gasteiger partial charge in [0.15, 0.2) is 0 Å². The first kappa shape index (κ1) is 15.9. The molecule has 0 aliphatic rings. The molecule has 0 saturated carbocycles. The third kappa shape index (κ3) is 3.16. The number of nitrogens with one attached hydrogen (secondary N) is 1.